The van der Waals surface area contributed by atoms with E-state index in [2.05, 4.69) is 5.32 Å². The molecule has 0 aliphatic carbocycles. The molecule has 1 amide bonds. The van der Waals surface area contributed by atoms with Crippen LogP contribution in [0.2, 0.25) is 5.02 Å². The number of rotatable bonds is 7. The second-order valence-corrected chi connectivity index (χ2v) is 6.57. The van der Waals surface area contributed by atoms with Crippen LogP contribution in [0.1, 0.15) is 27.6 Å². The maximum absolute atomic E-state index is 12.0. The van der Waals surface area contributed by atoms with Gasteiger partial charge in [-0.15, -0.1) is 11.8 Å². The van der Waals surface area contributed by atoms with Gasteiger partial charge in [-0.1, -0.05) is 23.7 Å². The summed E-state index contributed by atoms with van der Waals surface area (Å²) < 4.78 is 10.8. The zero-order chi connectivity index (χ0) is 16.8. The second kappa shape index (κ2) is 8.13. The lowest BCUT2D eigenvalue weighted by molar-refractivity contribution is 0.0919. The number of furan rings is 2. The van der Waals surface area contributed by atoms with Gasteiger partial charge in [0.25, 0.3) is 5.91 Å². The molecule has 0 atom stereocenters. The number of thioether (sulfide) groups is 1. The number of carbonyl (C=O) groups is 1. The van der Waals surface area contributed by atoms with Crippen LogP contribution in [0.15, 0.2) is 63.6 Å². The number of benzene rings is 1. The van der Waals surface area contributed by atoms with Gasteiger partial charge in [-0.3, -0.25) is 4.79 Å². The van der Waals surface area contributed by atoms with Crippen molar-refractivity contribution in [2.24, 2.45) is 0 Å². The molecule has 3 rings (SSSR count). The van der Waals surface area contributed by atoms with E-state index < -0.39 is 0 Å². The maximum Gasteiger partial charge on any atom is 0.287 e. The third kappa shape index (κ3) is 4.69. The Morgan fingerprint density at radius 2 is 2.00 bits per heavy atom. The molecular weight excluding hydrogens is 346 g/mol. The van der Waals surface area contributed by atoms with Gasteiger partial charge in [0.2, 0.25) is 0 Å². The second-order valence-electron chi connectivity index (χ2n) is 5.15. The van der Waals surface area contributed by atoms with E-state index in [4.69, 9.17) is 20.4 Å². The van der Waals surface area contributed by atoms with Crippen molar-refractivity contribution < 1.29 is 13.6 Å². The molecule has 0 bridgehead atoms. The summed E-state index contributed by atoms with van der Waals surface area (Å²) >= 11 is 7.67. The Kier molecular flexibility index (Phi) is 5.67. The summed E-state index contributed by atoms with van der Waals surface area (Å²) in [5, 5.41) is 3.49. The number of amides is 1. The number of halogens is 1. The van der Waals surface area contributed by atoms with E-state index >= 15 is 0 Å². The van der Waals surface area contributed by atoms with Crippen LogP contribution in [0.4, 0.5) is 0 Å². The van der Waals surface area contributed by atoms with Crippen molar-refractivity contribution in [2.45, 2.75) is 18.1 Å². The normalized spacial score (nSPS) is 10.7. The number of nitrogens with one attached hydrogen (secondary N) is 1. The first kappa shape index (κ1) is 16.7. The van der Waals surface area contributed by atoms with Gasteiger partial charge in [-0.2, -0.15) is 0 Å². The van der Waals surface area contributed by atoms with Gasteiger partial charge in [0.15, 0.2) is 5.76 Å². The van der Waals surface area contributed by atoms with Gasteiger partial charge in [-0.25, -0.2) is 0 Å². The molecule has 2 heterocycles. The van der Waals surface area contributed by atoms with Crippen molar-refractivity contribution in [3.8, 4) is 0 Å². The van der Waals surface area contributed by atoms with Crippen molar-refractivity contribution in [1.29, 1.82) is 0 Å². The lowest BCUT2D eigenvalue weighted by Crippen LogP contribution is -2.21. The SMILES string of the molecule is O=C(NCc1ccco1)c1ccc(CSCc2cccc(Cl)c2)o1. The van der Waals surface area contributed by atoms with Crippen LogP contribution in [0.25, 0.3) is 0 Å². The molecular formula is C18H16ClNO3S. The molecule has 3 aromatic rings. The molecule has 4 nitrogen and oxygen atoms in total. The van der Waals surface area contributed by atoms with Gasteiger partial charge in [0.1, 0.15) is 11.5 Å². The van der Waals surface area contributed by atoms with Crippen LogP contribution < -0.4 is 5.32 Å². The molecule has 0 saturated heterocycles. The average Bonchev–Trinajstić information content (AvgIpc) is 3.24. The van der Waals surface area contributed by atoms with Crippen LogP contribution in [0.5, 0.6) is 0 Å². The van der Waals surface area contributed by atoms with Gasteiger partial charge in [-0.05, 0) is 42.0 Å². The lowest BCUT2D eigenvalue weighted by Gasteiger charge is -2.02. The van der Waals surface area contributed by atoms with Crippen LogP contribution in [-0.4, -0.2) is 5.91 Å². The molecule has 0 aliphatic rings. The molecule has 0 fully saturated rings. The van der Waals surface area contributed by atoms with Crippen molar-refractivity contribution in [3.63, 3.8) is 0 Å². The quantitative estimate of drug-likeness (QED) is 0.651. The predicted octanol–water partition coefficient (Wildman–Crippen LogP) is 4.89. The highest BCUT2D eigenvalue weighted by atomic mass is 35.5. The van der Waals surface area contributed by atoms with Gasteiger partial charge in [0.05, 0.1) is 18.6 Å². The summed E-state index contributed by atoms with van der Waals surface area (Å²) in [5.74, 6) is 3.05. The zero-order valence-corrected chi connectivity index (χ0v) is 14.4. The van der Waals surface area contributed by atoms with E-state index in [0.29, 0.717) is 23.8 Å². The third-order valence-electron chi connectivity index (χ3n) is 3.29. The zero-order valence-electron chi connectivity index (χ0n) is 12.8. The van der Waals surface area contributed by atoms with Crippen molar-refractivity contribution in [2.75, 3.05) is 0 Å². The molecule has 0 saturated carbocycles. The summed E-state index contributed by atoms with van der Waals surface area (Å²) in [6.45, 7) is 0.339. The van der Waals surface area contributed by atoms with E-state index in [9.17, 15) is 4.79 Å². The third-order valence-corrected chi connectivity index (χ3v) is 4.55. The summed E-state index contributed by atoms with van der Waals surface area (Å²) in [7, 11) is 0. The molecule has 124 valence electrons. The predicted molar refractivity (Wildman–Crippen MR) is 95.0 cm³/mol. The van der Waals surface area contributed by atoms with E-state index in [-0.39, 0.29) is 5.91 Å². The summed E-state index contributed by atoms with van der Waals surface area (Å²) in [4.78, 5) is 12.0. The fourth-order valence-corrected chi connectivity index (χ4v) is 3.23. The number of carbonyl (C=O) groups excluding carboxylic acids is 1. The molecule has 0 aliphatic heterocycles. The Bertz CT molecular complexity index is 798. The molecule has 0 unspecified atom stereocenters. The van der Waals surface area contributed by atoms with E-state index in [1.807, 2.05) is 30.3 Å². The molecule has 6 heteroatoms. The number of hydrogen-bond donors (Lipinski definition) is 1. The Balaban J connectivity index is 1.47. The Hall–Kier alpha value is -2.11. The molecule has 2 aromatic heterocycles. The minimum atomic E-state index is -0.252. The monoisotopic (exact) mass is 361 g/mol. The Morgan fingerprint density at radius 1 is 1.08 bits per heavy atom. The summed E-state index contributed by atoms with van der Waals surface area (Å²) in [5.41, 5.74) is 1.16. The van der Waals surface area contributed by atoms with E-state index in [1.54, 1.807) is 36.2 Å². The van der Waals surface area contributed by atoms with Gasteiger partial charge in [0, 0.05) is 10.8 Å². The van der Waals surface area contributed by atoms with Crippen molar-refractivity contribution in [1.82, 2.24) is 5.32 Å². The largest absolute Gasteiger partial charge is 0.467 e. The highest BCUT2D eigenvalue weighted by Crippen LogP contribution is 2.21. The highest BCUT2D eigenvalue weighted by Gasteiger charge is 2.11. The van der Waals surface area contributed by atoms with Gasteiger partial charge < -0.3 is 14.2 Å². The molecule has 0 radical (unpaired) electrons. The van der Waals surface area contributed by atoms with Crippen LogP contribution in [0, 0.1) is 0 Å². The molecule has 24 heavy (non-hydrogen) atoms. The fraction of sp³-hybridized carbons (Fsp3) is 0.167. The molecule has 1 aromatic carbocycles. The van der Waals surface area contributed by atoms with Gasteiger partial charge >= 0.3 is 0 Å². The first-order valence-corrected chi connectivity index (χ1v) is 8.95. The minimum Gasteiger partial charge on any atom is -0.467 e. The first-order valence-electron chi connectivity index (χ1n) is 7.42. The van der Waals surface area contributed by atoms with E-state index in [1.165, 1.54) is 0 Å². The van der Waals surface area contributed by atoms with Crippen molar-refractivity contribution in [3.05, 3.63) is 82.7 Å². The lowest BCUT2D eigenvalue weighted by atomic mass is 10.2. The van der Waals surface area contributed by atoms with Crippen LogP contribution in [0.3, 0.4) is 0 Å². The fourth-order valence-electron chi connectivity index (χ4n) is 2.14. The van der Waals surface area contributed by atoms with Crippen LogP contribution >= 0.6 is 23.4 Å². The Morgan fingerprint density at radius 3 is 2.79 bits per heavy atom. The molecule has 1 N–H and O–H groups in total. The minimum absolute atomic E-state index is 0.252. The van der Waals surface area contributed by atoms with E-state index in [0.717, 1.165) is 22.1 Å². The maximum atomic E-state index is 12.0. The number of hydrogen-bond acceptors (Lipinski definition) is 4. The topological polar surface area (TPSA) is 55.4 Å². The van der Waals surface area contributed by atoms with Crippen LogP contribution in [-0.2, 0) is 18.1 Å². The smallest absolute Gasteiger partial charge is 0.287 e. The average molecular weight is 362 g/mol. The molecule has 0 spiro atoms. The summed E-state index contributed by atoms with van der Waals surface area (Å²) in [6, 6.07) is 14.9. The highest BCUT2D eigenvalue weighted by molar-refractivity contribution is 7.97. The Labute approximate surface area is 149 Å². The summed E-state index contributed by atoms with van der Waals surface area (Å²) in [6.07, 6.45) is 1.57. The standard InChI is InChI=1S/C18H16ClNO3S/c19-14-4-1-3-13(9-14)11-24-12-16-6-7-17(23-16)18(21)20-10-15-5-2-8-22-15/h1-9H,10-12H2,(H,20,21). The van der Waals surface area contributed by atoms with Crippen molar-refractivity contribution >= 4 is 29.3 Å². The first-order chi connectivity index (χ1) is 11.7.